The van der Waals surface area contributed by atoms with Crippen LogP contribution in [0.5, 0.6) is 5.75 Å². The van der Waals surface area contributed by atoms with Gasteiger partial charge < -0.3 is 10.2 Å². The molecule has 0 heterocycles. The average molecular weight is 270 g/mol. The first kappa shape index (κ1) is 14.1. The molecule has 0 spiro atoms. The number of carboxylic acids is 1. The summed E-state index contributed by atoms with van der Waals surface area (Å²) in [5, 5.41) is 18.8. The molecule has 2 N–H and O–H groups in total. The number of hydrogen-bond acceptors (Lipinski definition) is 2. The van der Waals surface area contributed by atoms with Gasteiger partial charge in [-0.3, -0.25) is 0 Å². The van der Waals surface area contributed by atoms with E-state index in [1.165, 1.54) is 17.7 Å². The fourth-order valence-electron chi connectivity index (χ4n) is 2.06. The van der Waals surface area contributed by atoms with E-state index in [1.807, 2.05) is 24.3 Å². The van der Waals surface area contributed by atoms with Crippen LogP contribution in [-0.4, -0.2) is 16.2 Å². The Morgan fingerprint density at radius 3 is 2.05 bits per heavy atom. The monoisotopic (exact) mass is 270 g/mol. The van der Waals surface area contributed by atoms with Crippen LogP contribution in [0.25, 0.3) is 11.1 Å². The van der Waals surface area contributed by atoms with Gasteiger partial charge in [-0.25, -0.2) is 4.79 Å². The lowest BCUT2D eigenvalue weighted by atomic mass is 9.86. The van der Waals surface area contributed by atoms with E-state index >= 15 is 0 Å². The molecule has 0 fully saturated rings. The first-order valence-electron chi connectivity index (χ1n) is 6.46. The highest BCUT2D eigenvalue weighted by Gasteiger charge is 2.14. The molecule has 0 amide bonds. The van der Waals surface area contributed by atoms with Crippen molar-refractivity contribution in [2.75, 3.05) is 0 Å². The minimum atomic E-state index is -1.05. The molecular formula is C17H18O3. The van der Waals surface area contributed by atoms with Crippen LogP contribution in [0, 0.1) is 0 Å². The van der Waals surface area contributed by atoms with Crippen molar-refractivity contribution in [1.29, 1.82) is 0 Å². The fourth-order valence-corrected chi connectivity index (χ4v) is 2.06. The third kappa shape index (κ3) is 2.82. The molecule has 0 aliphatic rings. The Labute approximate surface area is 118 Å². The molecule has 0 bridgehead atoms. The van der Waals surface area contributed by atoms with Gasteiger partial charge >= 0.3 is 5.97 Å². The van der Waals surface area contributed by atoms with Crippen LogP contribution in [0.3, 0.4) is 0 Å². The number of benzene rings is 2. The molecule has 20 heavy (non-hydrogen) atoms. The predicted octanol–water partition coefficient (Wildman–Crippen LogP) is 4.05. The number of aromatic hydroxyl groups is 1. The standard InChI is InChI=1S/C17H18O3/c1-17(2,3)13-7-4-11(5-8-13)14-9-6-12(16(19)20)10-15(14)18/h4-10,18H,1-3H3,(H,19,20). The molecule has 0 radical (unpaired) electrons. The van der Waals surface area contributed by atoms with Gasteiger partial charge in [0.05, 0.1) is 5.56 Å². The predicted molar refractivity (Wildman–Crippen MR) is 79.2 cm³/mol. The second kappa shape index (κ2) is 5.00. The zero-order chi connectivity index (χ0) is 14.9. The van der Waals surface area contributed by atoms with Crippen molar-refractivity contribution < 1.29 is 15.0 Å². The third-order valence-corrected chi connectivity index (χ3v) is 3.31. The third-order valence-electron chi connectivity index (χ3n) is 3.31. The first-order valence-corrected chi connectivity index (χ1v) is 6.46. The highest BCUT2D eigenvalue weighted by atomic mass is 16.4. The highest BCUT2D eigenvalue weighted by molar-refractivity contribution is 5.89. The van der Waals surface area contributed by atoms with Crippen molar-refractivity contribution in [3.8, 4) is 16.9 Å². The Kier molecular flexibility index (Phi) is 3.53. The summed E-state index contributed by atoms with van der Waals surface area (Å²) in [6.07, 6.45) is 0. The van der Waals surface area contributed by atoms with Gasteiger partial charge in [-0.15, -0.1) is 0 Å². The summed E-state index contributed by atoms with van der Waals surface area (Å²) in [7, 11) is 0. The summed E-state index contributed by atoms with van der Waals surface area (Å²) < 4.78 is 0. The van der Waals surface area contributed by atoms with E-state index in [-0.39, 0.29) is 16.7 Å². The van der Waals surface area contributed by atoms with Crippen LogP contribution < -0.4 is 0 Å². The largest absolute Gasteiger partial charge is 0.507 e. The molecule has 0 atom stereocenters. The summed E-state index contributed by atoms with van der Waals surface area (Å²) in [5.41, 5.74) is 2.87. The lowest BCUT2D eigenvalue weighted by molar-refractivity contribution is 0.0696. The van der Waals surface area contributed by atoms with Crippen molar-refractivity contribution in [1.82, 2.24) is 0 Å². The van der Waals surface area contributed by atoms with Crippen LogP contribution >= 0.6 is 0 Å². The zero-order valence-corrected chi connectivity index (χ0v) is 11.8. The molecule has 0 aliphatic carbocycles. The van der Waals surface area contributed by atoms with E-state index in [0.717, 1.165) is 5.56 Å². The maximum Gasteiger partial charge on any atom is 0.335 e. The smallest absolute Gasteiger partial charge is 0.335 e. The van der Waals surface area contributed by atoms with Crippen LogP contribution in [0.1, 0.15) is 36.7 Å². The Bertz CT molecular complexity index is 634. The molecule has 0 aliphatic heterocycles. The van der Waals surface area contributed by atoms with E-state index in [0.29, 0.717) is 5.56 Å². The molecule has 0 unspecified atom stereocenters. The highest BCUT2D eigenvalue weighted by Crippen LogP contribution is 2.32. The Morgan fingerprint density at radius 1 is 1.00 bits per heavy atom. The van der Waals surface area contributed by atoms with Gasteiger partial charge in [0.15, 0.2) is 0 Å². The molecule has 2 aromatic rings. The first-order chi connectivity index (χ1) is 9.29. The van der Waals surface area contributed by atoms with Crippen molar-refractivity contribution in [3.05, 3.63) is 53.6 Å². The van der Waals surface area contributed by atoms with E-state index < -0.39 is 5.97 Å². The van der Waals surface area contributed by atoms with Crippen molar-refractivity contribution in [2.45, 2.75) is 26.2 Å². The van der Waals surface area contributed by atoms with Gasteiger partial charge in [0, 0.05) is 5.56 Å². The van der Waals surface area contributed by atoms with Gasteiger partial charge in [-0.05, 0) is 34.7 Å². The van der Waals surface area contributed by atoms with E-state index in [9.17, 15) is 9.90 Å². The lowest BCUT2D eigenvalue weighted by Gasteiger charge is -2.19. The second-order valence-corrected chi connectivity index (χ2v) is 5.86. The molecular weight excluding hydrogens is 252 g/mol. The van der Waals surface area contributed by atoms with Crippen LogP contribution in [0.4, 0.5) is 0 Å². The summed E-state index contributed by atoms with van der Waals surface area (Å²) in [6, 6.07) is 12.3. The average Bonchev–Trinajstić information content (AvgIpc) is 2.37. The molecule has 0 saturated heterocycles. The molecule has 0 saturated carbocycles. The quantitative estimate of drug-likeness (QED) is 0.865. The summed E-state index contributed by atoms with van der Waals surface area (Å²) in [6.45, 7) is 6.42. The molecule has 3 nitrogen and oxygen atoms in total. The Balaban J connectivity index is 2.40. The van der Waals surface area contributed by atoms with Gasteiger partial charge in [-0.2, -0.15) is 0 Å². The number of carbonyl (C=O) groups is 1. The van der Waals surface area contributed by atoms with Crippen LogP contribution in [0.15, 0.2) is 42.5 Å². The fraction of sp³-hybridized carbons (Fsp3) is 0.235. The van der Waals surface area contributed by atoms with E-state index in [4.69, 9.17) is 5.11 Å². The molecule has 3 heteroatoms. The molecule has 104 valence electrons. The van der Waals surface area contributed by atoms with Gasteiger partial charge in [0.2, 0.25) is 0 Å². The van der Waals surface area contributed by atoms with E-state index in [2.05, 4.69) is 20.8 Å². The summed E-state index contributed by atoms with van der Waals surface area (Å²) in [4.78, 5) is 10.8. The van der Waals surface area contributed by atoms with Crippen molar-refractivity contribution in [3.63, 3.8) is 0 Å². The molecule has 2 rings (SSSR count). The van der Waals surface area contributed by atoms with Gasteiger partial charge in [-0.1, -0.05) is 45.0 Å². The summed E-state index contributed by atoms with van der Waals surface area (Å²) >= 11 is 0. The van der Waals surface area contributed by atoms with E-state index in [1.54, 1.807) is 6.07 Å². The molecule has 0 aromatic heterocycles. The number of phenolic OH excluding ortho intramolecular Hbond substituents is 1. The number of rotatable bonds is 2. The number of hydrogen-bond donors (Lipinski definition) is 2. The second-order valence-electron chi connectivity index (χ2n) is 5.86. The number of carboxylic acid groups (broad SMARTS) is 1. The number of aromatic carboxylic acids is 1. The van der Waals surface area contributed by atoms with Crippen LogP contribution in [0.2, 0.25) is 0 Å². The van der Waals surface area contributed by atoms with Gasteiger partial charge in [0.25, 0.3) is 0 Å². The summed E-state index contributed by atoms with van der Waals surface area (Å²) in [5.74, 6) is -1.07. The minimum absolute atomic E-state index is 0.0200. The maximum absolute atomic E-state index is 10.8. The normalized spacial score (nSPS) is 11.3. The van der Waals surface area contributed by atoms with Crippen LogP contribution in [-0.2, 0) is 5.41 Å². The Morgan fingerprint density at radius 2 is 1.60 bits per heavy atom. The van der Waals surface area contributed by atoms with Crippen molar-refractivity contribution in [2.24, 2.45) is 0 Å². The Hall–Kier alpha value is -2.29. The topological polar surface area (TPSA) is 57.5 Å². The lowest BCUT2D eigenvalue weighted by Crippen LogP contribution is -2.10. The SMILES string of the molecule is CC(C)(C)c1ccc(-c2ccc(C(=O)O)cc2O)cc1. The minimum Gasteiger partial charge on any atom is -0.507 e. The zero-order valence-electron chi connectivity index (χ0n) is 11.8. The van der Waals surface area contributed by atoms with Crippen molar-refractivity contribution >= 4 is 5.97 Å². The number of phenols is 1. The molecule has 2 aromatic carbocycles. The maximum atomic E-state index is 10.8. The van der Waals surface area contributed by atoms with Gasteiger partial charge in [0.1, 0.15) is 5.75 Å².